The van der Waals surface area contributed by atoms with Crippen molar-refractivity contribution in [1.82, 2.24) is 14.5 Å². The largest absolute Gasteiger partial charge is 0.480 e. The minimum atomic E-state index is -1.31. The third kappa shape index (κ3) is 2.50. The molecule has 0 unspecified atom stereocenters. The normalized spacial score (nSPS) is 12.5. The van der Waals surface area contributed by atoms with E-state index >= 15 is 0 Å². The SMILES string of the molecule is O=C(O)[C@@H](Cc1c[nH]c2ccccc12)n1c(=O)[nH]c2ccccc2c1=O. The third-order valence-electron chi connectivity index (χ3n) is 4.52. The van der Waals surface area contributed by atoms with Gasteiger partial charge in [0.05, 0.1) is 10.9 Å². The monoisotopic (exact) mass is 349 g/mol. The van der Waals surface area contributed by atoms with Crippen molar-refractivity contribution in [3.05, 3.63) is 81.1 Å². The molecule has 7 nitrogen and oxygen atoms in total. The molecule has 2 aromatic heterocycles. The van der Waals surface area contributed by atoms with Crippen molar-refractivity contribution in [3.63, 3.8) is 0 Å². The topological polar surface area (TPSA) is 108 Å². The van der Waals surface area contributed by atoms with Gasteiger partial charge in [-0.25, -0.2) is 14.2 Å². The van der Waals surface area contributed by atoms with E-state index in [-0.39, 0.29) is 11.8 Å². The van der Waals surface area contributed by atoms with Crippen molar-refractivity contribution in [2.75, 3.05) is 0 Å². The number of nitrogens with zero attached hydrogens (tertiary/aromatic N) is 1. The zero-order chi connectivity index (χ0) is 18.3. The summed E-state index contributed by atoms with van der Waals surface area (Å²) >= 11 is 0. The molecule has 0 fully saturated rings. The van der Waals surface area contributed by atoms with E-state index in [1.165, 1.54) is 0 Å². The highest BCUT2D eigenvalue weighted by atomic mass is 16.4. The number of H-pyrrole nitrogens is 2. The fraction of sp³-hybridized carbons (Fsp3) is 0.105. The number of aromatic nitrogens is 3. The summed E-state index contributed by atoms with van der Waals surface area (Å²) in [6.45, 7) is 0. The number of aromatic amines is 2. The minimum Gasteiger partial charge on any atom is -0.480 e. The van der Waals surface area contributed by atoms with Gasteiger partial charge in [-0.15, -0.1) is 0 Å². The van der Waals surface area contributed by atoms with Gasteiger partial charge in [-0.2, -0.15) is 0 Å². The molecule has 1 atom stereocenters. The Bertz CT molecular complexity index is 1250. The van der Waals surface area contributed by atoms with E-state index in [0.717, 1.165) is 21.0 Å². The molecule has 7 heteroatoms. The van der Waals surface area contributed by atoms with Crippen LogP contribution < -0.4 is 11.2 Å². The number of aliphatic carboxylic acids is 1. The van der Waals surface area contributed by atoms with Crippen LogP contribution in [0.5, 0.6) is 0 Å². The number of hydrogen-bond acceptors (Lipinski definition) is 3. The molecule has 0 aliphatic carbocycles. The number of carboxylic acid groups (broad SMARTS) is 1. The predicted octanol–water partition coefficient (Wildman–Crippen LogP) is 2.04. The maximum absolute atomic E-state index is 12.8. The number of para-hydroxylation sites is 2. The predicted molar refractivity (Wildman–Crippen MR) is 97.5 cm³/mol. The average Bonchev–Trinajstić information content (AvgIpc) is 3.04. The Hall–Kier alpha value is -3.61. The zero-order valence-corrected chi connectivity index (χ0v) is 13.6. The number of rotatable bonds is 4. The highest BCUT2D eigenvalue weighted by Crippen LogP contribution is 2.22. The lowest BCUT2D eigenvalue weighted by molar-refractivity contribution is -0.141. The van der Waals surface area contributed by atoms with Crippen LogP contribution in [0.15, 0.2) is 64.3 Å². The molecule has 0 saturated heterocycles. The summed E-state index contributed by atoms with van der Waals surface area (Å²) in [5, 5.41) is 10.8. The Kier molecular flexibility index (Phi) is 3.69. The van der Waals surface area contributed by atoms with Crippen LogP contribution in [0, 0.1) is 0 Å². The first-order valence-corrected chi connectivity index (χ1v) is 8.07. The highest BCUT2D eigenvalue weighted by molar-refractivity contribution is 5.84. The first-order chi connectivity index (χ1) is 12.6. The number of carboxylic acids is 1. The molecule has 0 spiro atoms. The van der Waals surface area contributed by atoms with Crippen LogP contribution in [0.4, 0.5) is 0 Å². The zero-order valence-electron chi connectivity index (χ0n) is 13.6. The molecule has 3 N–H and O–H groups in total. The molecular formula is C19H15N3O4. The second kappa shape index (κ2) is 6.03. The van der Waals surface area contributed by atoms with Gasteiger partial charge in [0, 0.05) is 23.5 Å². The van der Waals surface area contributed by atoms with Gasteiger partial charge in [0.15, 0.2) is 0 Å². The van der Waals surface area contributed by atoms with Crippen molar-refractivity contribution in [1.29, 1.82) is 0 Å². The number of benzene rings is 2. The van der Waals surface area contributed by atoms with E-state index in [2.05, 4.69) is 9.97 Å². The van der Waals surface area contributed by atoms with Gasteiger partial charge in [-0.1, -0.05) is 30.3 Å². The molecule has 4 aromatic rings. The van der Waals surface area contributed by atoms with Crippen molar-refractivity contribution in [2.45, 2.75) is 12.5 Å². The van der Waals surface area contributed by atoms with Gasteiger partial charge < -0.3 is 15.1 Å². The van der Waals surface area contributed by atoms with E-state index < -0.39 is 23.3 Å². The lowest BCUT2D eigenvalue weighted by Crippen LogP contribution is -2.41. The minimum absolute atomic E-state index is 0.0146. The van der Waals surface area contributed by atoms with Gasteiger partial charge in [-0.3, -0.25) is 4.79 Å². The first-order valence-electron chi connectivity index (χ1n) is 8.07. The Morgan fingerprint density at radius 2 is 1.65 bits per heavy atom. The van der Waals surface area contributed by atoms with Crippen molar-refractivity contribution < 1.29 is 9.90 Å². The standard InChI is InChI=1S/C19H15N3O4/c23-17-13-6-2-4-8-15(13)21-19(26)22(17)16(18(24)25)9-11-10-20-14-7-3-1-5-12(11)14/h1-8,10,16,20H,9H2,(H,21,26)(H,24,25)/t16-/m1/s1. The number of carbonyl (C=O) groups is 1. The van der Waals surface area contributed by atoms with Crippen LogP contribution in [0.25, 0.3) is 21.8 Å². The van der Waals surface area contributed by atoms with E-state index in [1.807, 2.05) is 24.3 Å². The van der Waals surface area contributed by atoms with Crippen LogP contribution in [0.2, 0.25) is 0 Å². The maximum atomic E-state index is 12.8. The van der Waals surface area contributed by atoms with Crippen molar-refractivity contribution >= 4 is 27.8 Å². The molecule has 0 amide bonds. The van der Waals surface area contributed by atoms with Crippen LogP contribution in [0.3, 0.4) is 0 Å². The molecule has 2 aromatic carbocycles. The quantitative estimate of drug-likeness (QED) is 0.524. The summed E-state index contributed by atoms with van der Waals surface area (Å²) in [6.07, 6.45) is 1.72. The summed E-state index contributed by atoms with van der Waals surface area (Å²) in [4.78, 5) is 42.7. The second-order valence-corrected chi connectivity index (χ2v) is 6.07. The molecule has 2 heterocycles. The number of hydrogen-bond donors (Lipinski definition) is 3. The fourth-order valence-electron chi connectivity index (χ4n) is 3.26. The first kappa shape index (κ1) is 15.9. The molecule has 26 heavy (non-hydrogen) atoms. The van der Waals surface area contributed by atoms with Gasteiger partial charge in [0.2, 0.25) is 0 Å². The van der Waals surface area contributed by atoms with E-state index in [0.29, 0.717) is 5.52 Å². The van der Waals surface area contributed by atoms with Crippen molar-refractivity contribution in [3.8, 4) is 0 Å². The second-order valence-electron chi connectivity index (χ2n) is 6.07. The molecular weight excluding hydrogens is 334 g/mol. The molecule has 4 rings (SSSR count). The van der Waals surface area contributed by atoms with Gasteiger partial charge >= 0.3 is 11.7 Å². The van der Waals surface area contributed by atoms with Crippen LogP contribution in [-0.4, -0.2) is 25.6 Å². The summed E-state index contributed by atoms with van der Waals surface area (Å²) < 4.78 is 0.784. The molecule has 0 aliphatic rings. The Labute approximate surface area is 146 Å². The molecule has 0 radical (unpaired) electrons. The smallest absolute Gasteiger partial charge is 0.329 e. The summed E-state index contributed by atoms with van der Waals surface area (Å²) in [5.41, 5.74) is 0.631. The van der Waals surface area contributed by atoms with Crippen molar-refractivity contribution in [2.24, 2.45) is 0 Å². The molecule has 130 valence electrons. The van der Waals surface area contributed by atoms with E-state index in [4.69, 9.17) is 0 Å². The third-order valence-corrected chi connectivity index (χ3v) is 4.52. The summed E-state index contributed by atoms with van der Waals surface area (Å²) in [6, 6.07) is 12.7. The molecule has 0 aliphatic heterocycles. The fourth-order valence-corrected chi connectivity index (χ4v) is 3.26. The maximum Gasteiger partial charge on any atom is 0.329 e. The van der Waals surface area contributed by atoms with Crippen LogP contribution >= 0.6 is 0 Å². The molecule has 0 saturated carbocycles. The average molecular weight is 349 g/mol. The van der Waals surface area contributed by atoms with E-state index in [1.54, 1.807) is 30.5 Å². The Balaban J connectivity index is 1.88. The van der Waals surface area contributed by atoms with Gasteiger partial charge in [-0.05, 0) is 23.8 Å². The number of nitrogens with one attached hydrogen (secondary N) is 2. The van der Waals surface area contributed by atoms with E-state index in [9.17, 15) is 19.5 Å². The summed E-state index contributed by atoms with van der Waals surface area (Å²) in [7, 11) is 0. The van der Waals surface area contributed by atoms with Crippen LogP contribution in [-0.2, 0) is 11.2 Å². The highest BCUT2D eigenvalue weighted by Gasteiger charge is 2.25. The van der Waals surface area contributed by atoms with Gasteiger partial charge in [0.1, 0.15) is 6.04 Å². The Morgan fingerprint density at radius 3 is 2.38 bits per heavy atom. The van der Waals surface area contributed by atoms with Crippen LogP contribution in [0.1, 0.15) is 11.6 Å². The number of fused-ring (bicyclic) bond motifs is 2. The lowest BCUT2D eigenvalue weighted by atomic mass is 10.0. The lowest BCUT2D eigenvalue weighted by Gasteiger charge is -2.15. The Morgan fingerprint density at radius 1 is 1.00 bits per heavy atom. The summed E-state index contributed by atoms with van der Waals surface area (Å²) in [5.74, 6) is -1.24. The van der Waals surface area contributed by atoms with Gasteiger partial charge in [0.25, 0.3) is 5.56 Å². The molecule has 0 bridgehead atoms.